The van der Waals surface area contributed by atoms with Crippen LogP contribution in [0.15, 0.2) is 48.5 Å². The third-order valence-electron chi connectivity index (χ3n) is 4.56. The Bertz CT molecular complexity index is 710. The van der Waals surface area contributed by atoms with Gasteiger partial charge in [-0.1, -0.05) is 54.1 Å². The minimum atomic E-state index is -0.837. The quantitative estimate of drug-likeness (QED) is 0.912. The summed E-state index contributed by atoms with van der Waals surface area (Å²) in [6.45, 7) is 2.33. The van der Waals surface area contributed by atoms with Crippen molar-refractivity contribution in [2.24, 2.45) is 0 Å². The molecule has 3 nitrogen and oxygen atoms in total. The minimum absolute atomic E-state index is 0.0390. The number of nitrogens with one attached hydrogen (secondary N) is 1. The van der Waals surface area contributed by atoms with Crippen LogP contribution in [0.5, 0.6) is 0 Å². The number of hydrogen-bond donors (Lipinski definition) is 2. The molecule has 0 radical (unpaired) electrons. The van der Waals surface area contributed by atoms with Crippen LogP contribution in [0.2, 0.25) is 0 Å². The van der Waals surface area contributed by atoms with Gasteiger partial charge in [-0.2, -0.15) is 0 Å². The molecule has 0 bridgehead atoms. The van der Waals surface area contributed by atoms with Gasteiger partial charge in [0.2, 0.25) is 5.91 Å². The topological polar surface area (TPSA) is 49.3 Å². The molecule has 1 aliphatic carbocycles. The van der Waals surface area contributed by atoms with Crippen LogP contribution >= 0.6 is 0 Å². The SMILES string of the molecule is Cc1cccc(CC(=O)NC[C@@]2(O)CCc3ccccc3C2)c1. The highest BCUT2D eigenvalue weighted by molar-refractivity contribution is 5.78. The van der Waals surface area contributed by atoms with E-state index >= 15 is 0 Å². The van der Waals surface area contributed by atoms with E-state index in [4.69, 9.17) is 0 Å². The van der Waals surface area contributed by atoms with Crippen molar-refractivity contribution in [2.45, 2.75) is 38.2 Å². The maximum Gasteiger partial charge on any atom is 0.224 e. The highest BCUT2D eigenvalue weighted by Gasteiger charge is 2.32. The van der Waals surface area contributed by atoms with Gasteiger partial charge in [0, 0.05) is 13.0 Å². The van der Waals surface area contributed by atoms with Gasteiger partial charge in [0.25, 0.3) is 0 Å². The van der Waals surface area contributed by atoms with Crippen LogP contribution in [0, 0.1) is 6.92 Å². The Morgan fingerprint density at radius 3 is 2.74 bits per heavy atom. The maximum atomic E-state index is 12.1. The molecule has 0 aromatic heterocycles. The predicted octanol–water partition coefficient (Wildman–Crippen LogP) is 2.57. The summed E-state index contributed by atoms with van der Waals surface area (Å²) in [6, 6.07) is 16.2. The number of aryl methyl sites for hydroxylation is 2. The lowest BCUT2D eigenvalue weighted by Crippen LogP contribution is -2.47. The van der Waals surface area contributed by atoms with Crippen molar-refractivity contribution in [2.75, 3.05) is 6.54 Å². The van der Waals surface area contributed by atoms with Crippen LogP contribution in [0.1, 0.15) is 28.7 Å². The van der Waals surface area contributed by atoms with Gasteiger partial charge in [-0.15, -0.1) is 0 Å². The second kappa shape index (κ2) is 6.55. The van der Waals surface area contributed by atoms with E-state index in [0.717, 1.165) is 17.5 Å². The van der Waals surface area contributed by atoms with E-state index in [-0.39, 0.29) is 5.91 Å². The number of hydrogen-bond acceptors (Lipinski definition) is 2. The third kappa shape index (κ3) is 3.99. The van der Waals surface area contributed by atoms with Gasteiger partial charge in [-0.3, -0.25) is 4.79 Å². The number of fused-ring (bicyclic) bond motifs is 1. The van der Waals surface area contributed by atoms with Gasteiger partial charge >= 0.3 is 0 Å². The predicted molar refractivity (Wildman–Crippen MR) is 91.3 cm³/mol. The van der Waals surface area contributed by atoms with Crippen molar-refractivity contribution >= 4 is 5.91 Å². The number of aliphatic hydroxyl groups is 1. The van der Waals surface area contributed by atoms with Crippen LogP contribution in [0.3, 0.4) is 0 Å². The fraction of sp³-hybridized carbons (Fsp3) is 0.350. The standard InChI is InChI=1S/C20H23NO2/c1-15-5-4-6-16(11-15)12-19(22)21-14-20(23)10-9-17-7-2-3-8-18(17)13-20/h2-8,11,23H,9-10,12-14H2,1H3,(H,21,22)/t20-/m1/s1. The lowest BCUT2D eigenvalue weighted by Gasteiger charge is -2.33. The first kappa shape index (κ1) is 15.8. The van der Waals surface area contributed by atoms with E-state index in [9.17, 15) is 9.90 Å². The number of amides is 1. The summed E-state index contributed by atoms with van der Waals surface area (Å²) < 4.78 is 0. The van der Waals surface area contributed by atoms with Gasteiger partial charge in [-0.05, 0) is 36.5 Å². The van der Waals surface area contributed by atoms with E-state index in [1.807, 2.05) is 43.3 Å². The summed E-state index contributed by atoms with van der Waals surface area (Å²) in [5.74, 6) is -0.0390. The van der Waals surface area contributed by atoms with Gasteiger partial charge in [-0.25, -0.2) is 0 Å². The zero-order chi connectivity index (χ0) is 16.3. The monoisotopic (exact) mass is 309 g/mol. The van der Waals surface area contributed by atoms with Crippen molar-refractivity contribution in [3.63, 3.8) is 0 Å². The minimum Gasteiger partial charge on any atom is -0.388 e. The summed E-state index contributed by atoms with van der Waals surface area (Å²) in [5.41, 5.74) is 3.81. The second-order valence-corrected chi connectivity index (χ2v) is 6.61. The van der Waals surface area contributed by atoms with Crippen molar-refractivity contribution in [1.29, 1.82) is 0 Å². The Kier molecular flexibility index (Phi) is 4.49. The van der Waals surface area contributed by atoms with Crippen LogP contribution in [-0.4, -0.2) is 23.2 Å². The largest absolute Gasteiger partial charge is 0.388 e. The van der Waals surface area contributed by atoms with Crippen LogP contribution in [0.4, 0.5) is 0 Å². The zero-order valence-corrected chi connectivity index (χ0v) is 13.5. The maximum absolute atomic E-state index is 12.1. The Morgan fingerprint density at radius 2 is 1.96 bits per heavy atom. The lowest BCUT2D eigenvalue weighted by atomic mass is 9.80. The van der Waals surface area contributed by atoms with Crippen LogP contribution in [-0.2, 0) is 24.1 Å². The Hall–Kier alpha value is -2.13. The molecule has 1 amide bonds. The molecule has 2 aromatic rings. The Labute approximate surface area is 137 Å². The molecule has 0 fully saturated rings. The fourth-order valence-corrected chi connectivity index (χ4v) is 3.27. The molecule has 0 unspecified atom stereocenters. The second-order valence-electron chi connectivity index (χ2n) is 6.61. The molecule has 1 atom stereocenters. The molecular weight excluding hydrogens is 286 g/mol. The van der Waals surface area contributed by atoms with Gasteiger partial charge in [0.05, 0.1) is 12.0 Å². The van der Waals surface area contributed by atoms with Crippen molar-refractivity contribution in [3.05, 3.63) is 70.8 Å². The average molecular weight is 309 g/mol. The number of rotatable bonds is 4. The molecule has 2 N–H and O–H groups in total. The molecule has 3 rings (SSSR count). The van der Waals surface area contributed by atoms with Crippen LogP contribution in [0.25, 0.3) is 0 Å². The van der Waals surface area contributed by atoms with Gasteiger partial charge in [0.15, 0.2) is 0 Å². The molecular formula is C20H23NO2. The summed E-state index contributed by atoms with van der Waals surface area (Å²) in [5, 5.41) is 13.7. The summed E-state index contributed by atoms with van der Waals surface area (Å²) >= 11 is 0. The lowest BCUT2D eigenvalue weighted by molar-refractivity contribution is -0.121. The van der Waals surface area contributed by atoms with Gasteiger partial charge < -0.3 is 10.4 Å². The van der Waals surface area contributed by atoms with Crippen molar-refractivity contribution < 1.29 is 9.90 Å². The normalized spacial score (nSPS) is 19.9. The first-order valence-corrected chi connectivity index (χ1v) is 8.15. The molecule has 0 aliphatic heterocycles. The van der Waals surface area contributed by atoms with Crippen molar-refractivity contribution in [3.8, 4) is 0 Å². The molecule has 0 heterocycles. The number of carbonyl (C=O) groups is 1. The smallest absolute Gasteiger partial charge is 0.224 e. The summed E-state index contributed by atoms with van der Waals surface area (Å²) in [7, 11) is 0. The molecule has 3 heteroatoms. The third-order valence-corrected chi connectivity index (χ3v) is 4.56. The Morgan fingerprint density at radius 1 is 1.17 bits per heavy atom. The number of carbonyl (C=O) groups excluding carboxylic acids is 1. The summed E-state index contributed by atoms with van der Waals surface area (Å²) in [4.78, 5) is 12.1. The van der Waals surface area contributed by atoms with Gasteiger partial charge in [0.1, 0.15) is 0 Å². The first-order chi connectivity index (χ1) is 11.0. The molecule has 2 aromatic carbocycles. The fourth-order valence-electron chi connectivity index (χ4n) is 3.27. The van der Waals surface area contributed by atoms with E-state index in [2.05, 4.69) is 17.4 Å². The van der Waals surface area contributed by atoms with Crippen LogP contribution < -0.4 is 5.32 Å². The molecule has 120 valence electrons. The Balaban J connectivity index is 1.57. The molecule has 23 heavy (non-hydrogen) atoms. The summed E-state index contributed by atoms with van der Waals surface area (Å²) in [6.07, 6.45) is 2.51. The van der Waals surface area contributed by atoms with E-state index in [1.165, 1.54) is 11.1 Å². The molecule has 0 spiro atoms. The first-order valence-electron chi connectivity index (χ1n) is 8.15. The molecule has 1 aliphatic rings. The highest BCUT2D eigenvalue weighted by atomic mass is 16.3. The number of benzene rings is 2. The zero-order valence-electron chi connectivity index (χ0n) is 13.5. The van der Waals surface area contributed by atoms with E-state index < -0.39 is 5.60 Å². The molecule has 0 saturated carbocycles. The van der Waals surface area contributed by atoms with Crippen molar-refractivity contribution in [1.82, 2.24) is 5.32 Å². The highest BCUT2D eigenvalue weighted by Crippen LogP contribution is 2.28. The average Bonchev–Trinajstić information content (AvgIpc) is 2.53. The van der Waals surface area contributed by atoms with E-state index in [0.29, 0.717) is 25.8 Å². The van der Waals surface area contributed by atoms with E-state index in [1.54, 1.807) is 0 Å². The molecule has 0 saturated heterocycles.